The molecular formula is C19H22N6O2. The van der Waals surface area contributed by atoms with Gasteiger partial charge in [-0.1, -0.05) is 5.16 Å². The molecule has 1 fully saturated rings. The van der Waals surface area contributed by atoms with Crippen molar-refractivity contribution in [2.75, 3.05) is 5.73 Å². The molecule has 0 radical (unpaired) electrons. The van der Waals surface area contributed by atoms with Gasteiger partial charge in [0.05, 0.1) is 18.5 Å². The summed E-state index contributed by atoms with van der Waals surface area (Å²) in [5.74, 6) is 1.76. The number of hydrogen-bond donors (Lipinski definition) is 1. The van der Waals surface area contributed by atoms with Crippen molar-refractivity contribution in [2.24, 2.45) is 0 Å². The second-order valence-electron chi connectivity index (χ2n) is 7.77. The molecule has 1 amide bonds. The van der Waals surface area contributed by atoms with Gasteiger partial charge in [0.2, 0.25) is 5.91 Å². The van der Waals surface area contributed by atoms with Gasteiger partial charge in [0.1, 0.15) is 29.2 Å². The van der Waals surface area contributed by atoms with Gasteiger partial charge in [-0.05, 0) is 26.7 Å². The van der Waals surface area contributed by atoms with Crippen molar-refractivity contribution in [3.63, 3.8) is 0 Å². The minimum atomic E-state index is 0.0244. The average molecular weight is 366 g/mol. The minimum Gasteiger partial charge on any atom is -0.383 e. The number of hydrogen-bond acceptors (Lipinski definition) is 6. The smallest absolute Gasteiger partial charge is 0.220 e. The lowest BCUT2D eigenvalue weighted by Gasteiger charge is -2.22. The Balaban J connectivity index is 1.89. The summed E-state index contributed by atoms with van der Waals surface area (Å²) in [5.41, 5.74) is 10.7. The lowest BCUT2D eigenvalue weighted by Crippen LogP contribution is -2.28. The van der Waals surface area contributed by atoms with Crippen molar-refractivity contribution in [3.8, 4) is 11.3 Å². The largest absolute Gasteiger partial charge is 0.383 e. The fraction of sp³-hybridized carbons (Fsp3) is 0.474. The van der Waals surface area contributed by atoms with Crippen LogP contribution in [0.5, 0.6) is 0 Å². The monoisotopic (exact) mass is 366 g/mol. The van der Waals surface area contributed by atoms with Crippen LogP contribution in [0.15, 0.2) is 10.9 Å². The molecule has 3 aromatic heterocycles. The summed E-state index contributed by atoms with van der Waals surface area (Å²) in [6, 6.07) is 0.149. The molecule has 0 unspecified atom stereocenters. The quantitative estimate of drug-likeness (QED) is 0.748. The van der Waals surface area contributed by atoms with E-state index in [1.54, 1.807) is 6.92 Å². The molecule has 27 heavy (non-hydrogen) atoms. The Bertz CT molecular complexity index is 1080. The van der Waals surface area contributed by atoms with Crippen LogP contribution in [-0.4, -0.2) is 30.5 Å². The standard InChI is InChI=1S/C19H22N6O2/c1-9(2)25-13-7-24(10(3)26)6-12-16(23-27-17(12)11-4-5-11)14(13)15-18(20)21-8-22-19(15)25/h8-9,11H,4-7H2,1-3H3,(H2,20,21,22). The van der Waals surface area contributed by atoms with E-state index < -0.39 is 0 Å². The van der Waals surface area contributed by atoms with Crippen LogP contribution in [0.3, 0.4) is 0 Å². The first-order valence-electron chi connectivity index (χ1n) is 9.35. The van der Waals surface area contributed by atoms with Crippen LogP contribution in [0.1, 0.15) is 62.6 Å². The van der Waals surface area contributed by atoms with Crippen molar-refractivity contribution in [3.05, 3.63) is 23.3 Å². The summed E-state index contributed by atoms with van der Waals surface area (Å²) in [5, 5.41) is 5.23. The third-order valence-corrected chi connectivity index (χ3v) is 5.57. The predicted octanol–water partition coefficient (Wildman–Crippen LogP) is 2.99. The van der Waals surface area contributed by atoms with Crippen LogP contribution >= 0.6 is 0 Å². The number of carbonyl (C=O) groups excluding carboxylic acids is 1. The molecule has 1 saturated carbocycles. The molecule has 0 atom stereocenters. The van der Waals surface area contributed by atoms with Gasteiger partial charge in [0.15, 0.2) is 0 Å². The van der Waals surface area contributed by atoms with Crippen molar-refractivity contribution in [2.45, 2.75) is 58.7 Å². The van der Waals surface area contributed by atoms with Gasteiger partial charge in [0.25, 0.3) is 0 Å². The van der Waals surface area contributed by atoms with Crippen molar-refractivity contribution < 1.29 is 9.32 Å². The number of nitrogens with two attached hydrogens (primary N) is 1. The van der Waals surface area contributed by atoms with Crippen molar-refractivity contribution >= 4 is 22.8 Å². The van der Waals surface area contributed by atoms with Gasteiger partial charge >= 0.3 is 0 Å². The lowest BCUT2D eigenvalue weighted by molar-refractivity contribution is -0.130. The number of carbonyl (C=O) groups is 1. The number of fused-ring (bicyclic) bond motifs is 5. The van der Waals surface area contributed by atoms with E-state index in [9.17, 15) is 4.79 Å². The second-order valence-corrected chi connectivity index (χ2v) is 7.77. The zero-order valence-corrected chi connectivity index (χ0v) is 15.7. The Morgan fingerprint density at radius 2 is 2.07 bits per heavy atom. The predicted molar refractivity (Wildman–Crippen MR) is 99.7 cm³/mol. The van der Waals surface area contributed by atoms with E-state index in [-0.39, 0.29) is 11.9 Å². The summed E-state index contributed by atoms with van der Waals surface area (Å²) in [7, 11) is 0. The first kappa shape index (κ1) is 16.3. The topological polar surface area (TPSA) is 103 Å². The molecule has 1 aliphatic carbocycles. The summed E-state index contributed by atoms with van der Waals surface area (Å²) in [4.78, 5) is 22.9. The average Bonchev–Trinajstić information content (AvgIpc) is 3.32. The molecule has 4 heterocycles. The maximum absolute atomic E-state index is 12.4. The van der Waals surface area contributed by atoms with Gasteiger partial charge in [-0.15, -0.1) is 0 Å². The van der Waals surface area contributed by atoms with Gasteiger partial charge in [-0.25, -0.2) is 9.97 Å². The number of aromatic nitrogens is 4. The van der Waals surface area contributed by atoms with Crippen LogP contribution in [-0.2, 0) is 17.9 Å². The summed E-state index contributed by atoms with van der Waals surface area (Å²) in [6.45, 7) is 6.78. The molecular weight excluding hydrogens is 344 g/mol. The van der Waals surface area contributed by atoms with Crippen LogP contribution in [0, 0.1) is 0 Å². The number of rotatable bonds is 2. The van der Waals surface area contributed by atoms with Gasteiger partial charge in [-0.2, -0.15) is 0 Å². The third kappa shape index (κ3) is 2.28. The Kier molecular flexibility index (Phi) is 3.35. The molecule has 0 saturated heterocycles. The van der Waals surface area contributed by atoms with Crippen LogP contribution < -0.4 is 5.73 Å². The van der Waals surface area contributed by atoms with Gasteiger partial charge in [-0.3, -0.25) is 4.79 Å². The molecule has 1 aliphatic heterocycles. The lowest BCUT2D eigenvalue weighted by atomic mass is 10.0. The highest BCUT2D eigenvalue weighted by Gasteiger charge is 2.38. The first-order valence-corrected chi connectivity index (χ1v) is 9.35. The third-order valence-electron chi connectivity index (χ3n) is 5.57. The van der Waals surface area contributed by atoms with Crippen LogP contribution in [0.4, 0.5) is 5.82 Å². The van der Waals surface area contributed by atoms with E-state index >= 15 is 0 Å². The molecule has 0 aromatic carbocycles. The molecule has 2 aliphatic rings. The van der Waals surface area contributed by atoms with Gasteiger partial charge < -0.3 is 19.7 Å². The van der Waals surface area contributed by atoms with Crippen LogP contribution in [0.25, 0.3) is 22.3 Å². The molecule has 0 bridgehead atoms. The van der Waals surface area contributed by atoms with Crippen molar-refractivity contribution in [1.82, 2.24) is 24.6 Å². The normalized spacial score (nSPS) is 16.5. The minimum absolute atomic E-state index is 0.0244. The molecule has 2 N–H and O–H groups in total. The fourth-order valence-corrected chi connectivity index (χ4v) is 4.16. The molecule has 140 valence electrons. The van der Waals surface area contributed by atoms with Crippen molar-refractivity contribution in [1.29, 1.82) is 0 Å². The van der Waals surface area contributed by atoms with E-state index in [1.807, 2.05) is 4.90 Å². The highest BCUT2D eigenvalue weighted by molar-refractivity contribution is 6.02. The zero-order chi connectivity index (χ0) is 18.9. The molecule has 5 rings (SSSR count). The summed E-state index contributed by atoms with van der Waals surface area (Å²) in [6.07, 6.45) is 3.69. The summed E-state index contributed by atoms with van der Waals surface area (Å²) >= 11 is 0. The number of amides is 1. The number of anilines is 1. The molecule has 8 nitrogen and oxygen atoms in total. The second kappa shape index (κ2) is 5.55. The maximum Gasteiger partial charge on any atom is 0.220 e. The Morgan fingerprint density at radius 1 is 1.30 bits per heavy atom. The molecule has 8 heteroatoms. The number of nitrogens with zero attached hydrogens (tertiary/aromatic N) is 5. The fourth-order valence-electron chi connectivity index (χ4n) is 4.16. The van der Waals surface area contributed by atoms with E-state index in [4.69, 9.17) is 10.3 Å². The molecule has 3 aromatic rings. The Morgan fingerprint density at radius 3 is 2.74 bits per heavy atom. The first-order chi connectivity index (χ1) is 13.0. The van der Waals surface area contributed by atoms with Gasteiger partial charge in [0, 0.05) is 35.7 Å². The zero-order valence-electron chi connectivity index (χ0n) is 15.7. The Labute approximate surface area is 156 Å². The van der Waals surface area contributed by atoms with E-state index in [0.717, 1.165) is 52.2 Å². The summed E-state index contributed by atoms with van der Waals surface area (Å²) < 4.78 is 7.90. The van der Waals surface area contributed by atoms with Crippen LogP contribution in [0.2, 0.25) is 0 Å². The number of nitrogen functional groups attached to an aromatic ring is 1. The van der Waals surface area contributed by atoms with E-state index in [0.29, 0.717) is 24.8 Å². The molecule has 0 spiro atoms. The maximum atomic E-state index is 12.4. The van der Waals surface area contributed by atoms with E-state index in [2.05, 4.69) is 33.5 Å². The highest BCUT2D eigenvalue weighted by atomic mass is 16.5. The SMILES string of the molecule is CC(=O)N1Cc2c(noc2C2CC2)-c2c(n(C(C)C)c3ncnc(N)c23)C1. The Hall–Kier alpha value is -2.90. The van der Waals surface area contributed by atoms with E-state index in [1.165, 1.54) is 6.33 Å². The highest BCUT2D eigenvalue weighted by Crippen LogP contribution is 2.48.